The molecule has 1 rings (SSSR count). The highest BCUT2D eigenvalue weighted by atomic mass is 79.9. The summed E-state index contributed by atoms with van der Waals surface area (Å²) in [6, 6.07) is 7.86. The Morgan fingerprint density at radius 1 is 1.24 bits per heavy atom. The highest BCUT2D eigenvalue weighted by molar-refractivity contribution is 9.09. The summed E-state index contributed by atoms with van der Waals surface area (Å²) in [5, 5.41) is 0. The molecule has 0 saturated carbocycles. The fourth-order valence-electron chi connectivity index (χ4n) is 1.32. The second-order valence-electron chi connectivity index (χ2n) is 3.83. The van der Waals surface area contributed by atoms with Crippen LogP contribution in [0.15, 0.2) is 24.3 Å². The van der Waals surface area contributed by atoms with E-state index in [0.717, 1.165) is 11.1 Å². The van der Waals surface area contributed by atoms with Gasteiger partial charge < -0.3 is 4.74 Å². The van der Waals surface area contributed by atoms with Gasteiger partial charge in [-0.2, -0.15) is 13.2 Å². The van der Waals surface area contributed by atoms with Crippen molar-refractivity contribution in [2.45, 2.75) is 24.3 Å². The first-order valence-electron chi connectivity index (χ1n) is 5.23. The van der Waals surface area contributed by atoms with E-state index in [4.69, 9.17) is 0 Å². The third kappa shape index (κ3) is 6.07. The summed E-state index contributed by atoms with van der Waals surface area (Å²) in [5.41, 5.74) is 2.20. The number of aryl methyl sites for hydroxylation is 1. The lowest BCUT2D eigenvalue weighted by Gasteiger charge is -2.12. The lowest BCUT2D eigenvalue weighted by Crippen LogP contribution is -2.17. The maximum atomic E-state index is 11.8. The Bertz CT molecular complexity index is 335. The van der Waals surface area contributed by atoms with Gasteiger partial charge in [0.1, 0.15) is 6.61 Å². The first-order chi connectivity index (χ1) is 7.88. The van der Waals surface area contributed by atoms with Crippen LogP contribution in [-0.4, -0.2) is 19.4 Å². The van der Waals surface area contributed by atoms with E-state index in [1.54, 1.807) is 0 Å². The molecule has 0 radical (unpaired) electrons. The number of hydrogen-bond acceptors (Lipinski definition) is 1. The summed E-state index contributed by atoms with van der Waals surface area (Å²) in [5.74, 6) is 0. The molecule has 1 aromatic rings. The summed E-state index contributed by atoms with van der Waals surface area (Å²) in [6.45, 7) is 0.892. The molecule has 1 atom stereocenters. The minimum Gasteiger partial charge on any atom is -0.372 e. The van der Waals surface area contributed by atoms with Crippen molar-refractivity contribution in [3.63, 3.8) is 0 Å². The second kappa shape index (κ2) is 6.40. The van der Waals surface area contributed by atoms with Gasteiger partial charge in [-0.05, 0) is 18.9 Å². The zero-order valence-electron chi connectivity index (χ0n) is 9.43. The number of benzene rings is 1. The van der Waals surface area contributed by atoms with E-state index in [0.29, 0.717) is 6.42 Å². The first-order valence-corrected chi connectivity index (χ1v) is 6.15. The zero-order chi connectivity index (χ0) is 12.9. The largest absolute Gasteiger partial charge is 0.411 e. The minimum absolute atomic E-state index is 0.0244. The number of ether oxygens (including phenoxy) is 1. The van der Waals surface area contributed by atoms with E-state index in [2.05, 4.69) is 20.7 Å². The molecular weight excluding hydrogens is 297 g/mol. The molecule has 0 saturated heterocycles. The van der Waals surface area contributed by atoms with Crippen LogP contribution < -0.4 is 0 Å². The standard InChI is InChI=1S/C12H14BrF3O/c1-9-2-4-10(5-3-9)11(13)6-7-17-8-12(14,15)16/h2-5,11H,6-8H2,1H3. The third-order valence-corrected chi connectivity index (χ3v) is 3.21. The van der Waals surface area contributed by atoms with Gasteiger partial charge in [-0.1, -0.05) is 45.8 Å². The predicted octanol–water partition coefficient (Wildman–Crippen LogP) is 4.40. The Kier molecular flexibility index (Phi) is 5.46. The van der Waals surface area contributed by atoms with Crippen molar-refractivity contribution < 1.29 is 17.9 Å². The summed E-state index contributed by atoms with van der Waals surface area (Å²) in [7, 11) is 0. The van der Waals surface area contributed by atoms with Crippen molar-refractivity contribution in [1.29, 1.82) is 0 Å². The van der Waals surface area contributed by atoms with Crippen LogP contribution in [0.3, 0.4) is 0 Å². The Hall–Kier alpha value is -0.550. The quantitative estimate of drug-likeness (QED) is 0.578. The first kappa shape index (κ1) is 14.5. The van der Waals surface area contributed by atoms with Crippen LogP contribution in [0.4, 0.5) is 13.2 Å². The van der Waals surface area contributed by atoms with Gasteiger partial charge in [-0.3, -0.25) is 0 Å². The van der Waals surface area contributed by atoms with Crippen molar-refractivity contribution in [2.75, 3.05) is 13.2 Å². The molecule has 0 aliphatic rings. The van der Waals surface area contributed by atoms with Crippen molar-refractivity contribution in [1.82, 2.24) is 0 Å². The number of hydrogen-bond donors (Lipinski definition) is 0. The molecule has 96 valence electrons. The Morgan fingerprint density at radius 3 is 2.35 bits per heavy atom. The van der Waals surface area contributed by atoms with Crippen LogP contribution in [0, 0.1) is 6.92 Å². The van der Waals surface area contributed by atoms with Gasteiger partial charge >= 0.3 is 6.18 Å². The molecule has 0 amide bonds. The molecule has 17 heavy (non-hydrogen) atoms. The minimum atomic E-state index is -4.24. The monoisotopic (exact) mass is 310 g/mol. The molecule has 0 aliphatic carbocycles. The van der Waals surface area contributed by atoms with Crippen molar-refractivity contribution in [3.8, 4) is 0 Å². The normalized spacial score (nSPS) is 13.7. The van der Waals surface area contributed by atoms with Gasteiger partial charge in [0.25, 0.3) is 0 Å². The summed E-state index contributed by atoms with van der Waals surface area (Å²) < 4.78 is 40.0. The van der Waals surface area contributed by atoms with Crippen LogP contribution in [0.1, 0.15) is 22.4 Å². The lowest BCUT2D eigenvalue weighted by molar-refractivity contribution is -0.174. The van der Waals surface area contributed by atoms with Crippen LogP contribution >= 0.6 is 15.9 Å². The van der Waals surface area contributed by atoms with Crippen LogP contribution in [0.25, 0.3) is 0 Å². The van der Waals surface area contributed by atoms with Crippen LogP contribution in [0.5, 0.6) is 0 Å². The fourth-order valence-corrected chi connectivity index (χ4v) is 1.81. The van der Waals surface area contributed by atoms with Gasteiger partial charge in [0.15, 0.2) is 0 Å². The molecule has 0 aliphatic heterocycles. The van der Waals surface area contributed by atoms with Crippen LogP contribution in [-0.2, 0) is 4.74 Å². The summed E-state index contributed by atoms with van der Waals surface area (Å²) in [6.07, 6.45) is -3.73. The maximum absolute atomic E-state index is 11.8. The van der Waals surface area contributed by atoms with Crippen molar-refractivity contribution in [2.24, 2.45) is 0 Å². The van der Waals surface area contributed by atoms with Crippen molar-refractivity contribution in [3.05, 3.63) is 35.4 Å². The van der Waals surface area contributed by atoms with E-state index in [1.165, 1.54) is 0 Å². The average molecular weight is 311 g/mol. The summed E-state index contributed by atoms with van der Waals surface area (Å²) in [4.78, 5) is 0.0244. The highest BCUT2D eigenvalue weighted by Gasteiger charge is 2.27. The zero-order valence-corrected chi connectivity index (χ0v) is 11.0. The smallest absolute Gasteiger partial charge is 0.372 e. The number of halogens is 4. The van der Waals surface area contributed by atoms with Gasteiger partial charge in [0.05, 0.1) is 0 Å². The third-order valence-electron chi connectivity index (χ3n) is 2.22. The Labute approximate surface area is 107 Å². The molecule has 0 aromatic heterocycles. The lowest BCUT2D eigenvalue weighted by atomic mass is 10.1. The molecule has 0 heterocycles. The van der Waals surface area contributed by atoms with Crippen molar-refractivity contribution >= 4 is 15.9 Å². The molecule has 1 aromatic carbocycles. The maximum Gasteiger partial charge on any atom is 0.411 e. The van der Waals surface area contributed by atoms with Gasteiger partial charge in [0, 0.05) is 11.4 Å². The topological polar surface area (TPSA) is 9.23 Å². The van der Waals surface area contributed by atoms with E-state index >= 15 is 0 Å². The van der Waals surface area contributed by atoms with Gasteiger partial charge in [-0.25, -0.2) is 0 Å². The van der Waals surface area contributed by atoms with E-state index < -0.39 is 12.8 Å². The van der Waals surface area contributed by atoms with E-state index in [1.807, 2.05) is 31.2 Å². The number of alkyl halides is 4. The predicted molar refractivity (Wildman–Crippen MR) is 64.3 cm³/mol. The molecular formula is C12H14BrF3O. The van der Waals surface area contributed by atoms with Gasteiger partial charge in [0.2, 0.25) is 0 Å². The molecule has 1 unspecified atom stereocenters. The molecule has 0 fully saturated rings. The SMILES string of the molecule is Cc1ccc(C(Br)CCOCC(F)(F)F)cc1. The second-order valence-corrected chi connectivity index (χ2v) is 4.94. The molecule has 0 N–H and O–H groups in total. The number of rotatable bonds is 5. The molecule has 0 bridgehead atoms. The molecule has 1 nitrogen and oxygen atoms in total. The van der Waals surface area contributed by atoms with E-state index in [9.17, 15) is 13.2 Å². The highest BCUT2D eigenvalue weighted by Crippen LogP contribution is 2.26. The van der Waals surface area contributed by atoms with Gasteiger partial charge in [-0.15, -0.1) is 0 Å². The molecule has 5 heteroatoms. The Morgan fingerprint density at radius 2 is 1.82 bits per heavy atom. The Balaban J connectivity index is 2.30. The summed E-state index contributed by atoms with van der Waals surface area (Å²) >= 11 is 3.43. The fraction of sp³-hybridized carbons (Fsp3) is 0.500. The van der Waals surface area contributed by atoms with E-state index in [-0.39, 0.29) is 11.4 Å². The molecule has 0 spiro atoms. The van der Waals surface area contributed by atoms with Crippen LogP contribution in [0.2, 0.25) is 0 Å². The average Bonchev–Trinajstić information content (AvgIpc) is 2.24.